The standard InChI is InChI=1S/C18H20O3/c1-4-13(2)18(19)21-17-11-7-15(8-12-17)14-5-9-16(20-3)10-6-14/h5-13H,4H2,1-3H3. The third-order valence-electron chi connectivity index (χ3n) is 3.51. The highest BCUT2D eigenvalue weighted by atomic mass is 16.5. The molecule has 0 saturated carbocycles. The Balaban J connectivity index is 2.09. The van der Waals surface area contributed by atoms with Crippen molar-refractivity contribution >= 4 is 5.97 Å². The number of benzene rings is 2. The van der Waals surface area contributed by atoms with Gasteiger partial charge in [-0.05, 0) is 41.8 Å². The van der Waals surface area contributed by atoms with Gasteiger partial charge < -0.3 is 9.47 Å². The summed E-state index contributed by atoms with van der Waals surface area (Å²) >= 11 is 0. The molecule has 0 heterocycles. The number of rotatable bonds is 5. The van der Waals surface area contributed by atoms with E-state index in [1.54, 1.807) is 7.11 Å². The zero-order chi connectivity index (χ0) is 15.2. The maximum atomic E-state index is 11.7. The molecule has 0 aliphatic carbocycles. The molecule has 110 valence electrons. The summed E-state index contributed by atoms with van der Waals surface area (Å²) in [6, 6.07) is 15.4. The number of hydrogen-bond donors (Lipinski definition) is 0. The van der Waals surface area contributed by atoms with Crippen LogP contribution in [0.4, 0.5) is 0 Å². The summed E-state index contributed by atoms with van der Waals surface area (Å²) in [5.41, 5.74) is 2.16. The van der Waals surface area contributed by atoms with Crippen LogP contribution in [-0.4, -0.2) is 13.1 Å². The molecule has 0 amide bonds. The molecule has 0 saturated heterocycles. The van der Waals surface area contributed by atoms with Crippen molar-refractivity contribution in [3.8, 4) is 22.6 Å². The normalized spacial score (nSPS) is 11.8. The van der Waals surface area contributed by atoms with E-state index in [4.69, 9.17) is 9.47 Å². The number of esters is 1. The van der Waals surface area contributed by atoms with Gasteiger partial charge in [-0.2, -0.15) is 0 Å². The predicted molar refractivity (Wildman–Crippen MR) is 83.5 cm³/mol. The van der Waals surface area contributed by atoms with Crippen LogP contribution in [0, 0.1) is 5.92 Å². The third kappa shape index (κ3) is 3.85. The molecule has 1 unspecified atom stereocenters. The number of methoxy groups -OCH3 is 1. The topological polar surface area (TPSA) is 35.5 Å². The van der Waals surface area contributed by atoms with E-state index < -0.39 is 0 Å². The molecule has 0 aliphatic rings. The van der Waals surface area contributed by atoms with E-state index >= 15 is 0 Å². The molecule has 3 heteroatoms. The van der Waals surface area contributed by atoms with Gasteiger partial charge >= 0.3 is 5.97 Å². The van der Waals surface area contributed by atoms with Crippen LogP contribution in [-0.2, 0) is 4.79 Å². The molecule has 3 nitrogen and oxygen atoms in total. The lowest BCUT2D eigenvalue weighted by molar-refractivity contribution is -0.138. The maximum Gasteiger partial charge on any atom is 0.314 e. The van der Waals surface area contributed by atoms with Crippen molar-refractivity contribution in [3.05, 3.63) is 48.5 Å². The number of carbonyl (C=O) groups is 1. The van der Waals surface area contributed by atoms with E-state index in [0.717, 1.165) is 23.3 Å². The van der Waals surface area contributed by atoms with Crippen LogP contribution in [0.3, 0.4) is 0 Å². The van der Waals surface area contributed by atoms with Crippen molar-refractivity contribution in [3.63, 3.8) is 0 Å². The Hall–Kier alpha value is -2.29. The summed E-state index contributed by atoms with van der Waals surface area (Å²) in [4.78, 5) is 11.7. The first-order valence-corrected chi connectivity index (χ1v) is 7.10. The Morgan fingerprint density at radius 1 is 0.952 bits per heavy atom. The molecular formula is C18H20O3. The Morgan fingerprint density at radius 3 is 1.86 bits per heavy atom. The molecule has 0 aliphatic heterocycles. The summed E-state index contributed by atoms with van der Waals surface area (Å²) in [6.07, 6.45) is 0.781. The van der Waals surface area contributed by atoms with Crippen molar-refractivity contribution in [2.75, 3.05) is 7.11 Å². The molecule has 2 aromatic carbocycles. The average Bonchev–Trinajstić information content (AvgIpc) is 2.55. The molecule has 0 N–H and O–H groups in total. The van der Waals surface area contributed by atoms with Crippen molar-refractivity contribution < 1.29 is 14.3 Å². The zero-order valence-corrected chi connectivity index (χ0v) is 12.6. The van der Waals surface area contributed by atoms with Crippen LogP contribution < -0.4 is 9.47 Å². The van der Waals surface area contributed by atoms with Crippen LogP contribution in [0.25, 0.3) is 11.1 Å². The van der Waals surface area contributed by atoms with E-state index in [-0.39, 0.29) is 11.9 Å². The lowest BCUT2D eigenvalue weighted by Crippen LogP contribution is -2.16. The predicted octanol–water partition coefficient (Wildman–Crippen LogP) is 4.31. The molecule has 0 spiro atoms. The maximum absolute atomic E-state index is 11.7. The molecule has 1 atom stereocenters. The van der Waals surface area contributed by atoms with E-state index in [0.29, 0.717) is 5.75 Å². The minimum atomic E-state index is -0.185. The minimum absolute atomic E-state index is 0.0775. The summed E-state index contributed by atoms with van der Waals surface area (Å²) < 4.78 is 10.5. The largest absolute Gasteiger partial charge is 0.497 e. The lowest BCUT2D eigenvalue weighted by Gasteiger charge is -2.09. The van der Waals surface area contributed by atoms with Crippen LogP contribution >= 0.6 is 0 Å². The summed E-state index contributed by atoms with van der Waals surface area (Å²) in [5, 5.41) is 0. The van der Waals surface area contributed by atoms with Crippen molar-refractivity contribution in [2.24, 2.45) is 5.92 Å². The molecule has 0 radical (unpaired) electrons. The van der Waals surface area contributed by atoms with Crippen molar-refractivity contribution in [2.45, 2.75) is 20.3 Å². The third-order valence-corrected chi connectivity index (χ3v) is 3.51. The van der Waals surface area contributed by atoms with Crippen molar-refractivity contribution in [1.29, 1.82) is 0 Å². The first kappa shape index (κ1) is 15.1. The molecule has 2 rings (SSSR count). The monoisotopic (exact) mass is 284 g/mol. The first-order valence-electron chi connectivity index (χ1n) is 7.10. The van der Waals surface area contributed by atoms with Crippen LogP contribution in [0.2, 0.25) is 0 Å². The second-order valence-electron chi connectivity index (χ2n) is 4.98. The van der Waals surface area contributed by atoms with E-state index in [1.165, 1.54) is 0 Å². The fourth-order valence-corrected chi connectivity index (χ4v) is 1.88. The number of ether oxygens (including phenoxy) is 2. The highest BCUT2D eigenvalue weighted by molar-refractivity contribution is 5.75. The highest BCUT2D eigenvalue weighted by Crippen LogP contribution is 2.24. The number of carbonyl (C=O) groups excluding carboxylic acids is 1. The second kappa shape index (κ2) is 6.93. The molecule has 0 bridgehead atoms. The SMILES string of the molecule is CCC(C)C(=O)Oc1ccc(-c2ccc(OC)cc2)cc1. The van der Waals surface area contributed by atoms with Gasteiger partial charge in [-0.1, -0.05) is 38.1 Å². The summed E-state index contributed by atoms with van der Waals surface area (Å²) in [5.74, 6) is 1.15. The van der Waals surface area contributed by atoms with Gasteiger partial charge in [0.05, 0.1) is 13.0 Å². The van der Waals surface area contributed by atoms with Gasteiger partial charge in [-0.3, -0.25) is 4.79 Å². The van der Waals surface area contributed by atoms with E-state index in [9.17, 15) is 4.79 Å². The fraction of sp³-hybridized carbons (Fsp3) is 0.278. The molecule has 0 aromatic heterocycles. The first-order chi connectivity index (χ1) is 10.1. The van der Waals surface area contributed by atoms with Gasteiger partial charge in [-0.25, -0.2) is 0 Å². The lowest BCUT2D eigenvalue weighted by atomic mass is 10.1. The fourth-order valence-electron chi connectivity index (χ4n) is 1.88. The minimum Gasteiger partial charge on any atom is -0.497 e. The van der Waals surface area contributed by atoms with Crippen molar-refractivity contribution in [1.82, 2.24) is 0 Å². The molecule has 21 heavy (non-hydrogen) atoms. The molecular weight excluding hydrogens is 264 g/mol. The second-order valence-corrected chi connectivity index (χ2v) is 4.98. The quantitative estimate of drug-likeness (QED) is 0.606. The van der Waals surface area contributed by atoms with E-state index in [1.807, 2.05) is 62.4 Å². The summed E-state index contributed by atoms with van der Waals surface area (Å²) in [6.45, 7) is 3.84. The van der Waals surface area contributed by atoms with Gasteiger partial charge in [0.15, 0.2) is 0 Å². The molecule has 2 aromatic rings. The smallest absolute Gasteiger partial charge is 0.314 e. The zero-order valence-electron chi connectivity index (χ0n) is 12.6. The Morgan fingerprint density at radius 2 is 1.43 bits per heavy atom. The van der Waals surface area contributed by atoms with Crippen LogP contribution in [0.15, 0.2) is 48.5 Å². The average molecular weight is 284 g/mol. The van der Waals surface area contributed by atoms with Crippen LogP contribution in [0.1, 0.15) is 20.3 Å². The Kier molecular flexibility index (Phi) is 4.99. The van der Waals surface area contributed by atoms with E-state index in [2.05, 4.69) is 0 Å². The van der Waals surface area contributed by atoms with Crippen LogP contribution in [0.5, 0.6) is 11.5 Å². The van der Waals surface area contributed by atoms with Gasteiger partial charge in [-0.15, -0.1) is 0 Å². The Bertz CT molecular complexity index is 585. The highest BCUT2D eigenvalue weighted by Gasteiger charge is 2.12. The summed E-state index contributed by atoms with van der Waals surface area (Å²) in [7, 11) is 1.65. The van der Waals surface area contributed by atoms with Gasteiger partial charge in [0.2, 0.25) is 0 Å². The van der Waals surface area contributed by atoms with Gasteiger partial charge in [0.1, 0.15) is 11.5 Å². The van der Waals surface area contributed by atoms with Gasteiger partial charge in [0, 0.05) is 0 Å². The molecule has 0 fully saturated rings. The van der Waals surface area contributed by atoms with Gasteiger partial charge in [0.25, 0.3) is 0 Å². The number of hydrogen-bond acceptors (Lipinski definition) is 3. The Labute approximate surface area is 125 Å².